The zero-order valence-corrected chi connectivity index (χ0v) is 17.9. The number of carbonyl (C=O) groups excluding carboxylic acids is 1. The van der Waals surface area contributed by atoms with Crippen LogP contribution in [0.3, 0.4) is 0 Å². The molecule has 0 saturated carbocycles. The highest BCUT2D eigenvalue weighted by atomic mass is 32.2. The Morgan fingerprint density at radius 3 is 2.67 bits per heavy atom. The molecule has 0 bridgehead atoms. The lowest BCUT2D eigenvalue weighted by Gasteiger charge is -2.10. The highest BCUT2D eigenvalue weighted by Crippen LogP contribution is 2.27. The van der Waals surface area contributed by atoms with E-state index in [4.69, 9.17) is 0 Å². The summed E-state index contributed by atoms with van der Waals surface area (Å²) in [6, 6.07) is 14.3. The summed E-state index contributed by atoms with van der Waals surface area (Å²) in [5.74, 6) is 0.965. The van der Waals surface area contributed by atoms with Gasteiger partial charge in [0.15, 0.2) is 9.84 Å². The van der Waals surface area contributed by atoms with Crippen molar-refractivity contribution >= 4 is 21.4 Å². The molecule has 0 unspecified atom stereocenters. The Morgan fingerprint density at radius 2 is 1.93 bits per heavy atom. The number of hydrogen-bond donors (Lipinski definition) is 1. The van der Waals surface area contributed by atoms with E-state index in [2.05, 4.69) is 14.9 Å². The van der Waals surface area contributed by atoms with E-state index < -0.39 is 15.1 Å². The standard InChI is InChI=1S/C23H25N3O3S/c1-16(2)30(28,29)20-10-8-17(9-11-20)13-23(27)25-19-6-3-5-18(14-19)21-15-24-22-7-4-12-26(21)22/h3,5-6,8-11,14-16H,4,7,12-13H2,1-2H3,(H,25,27). The first-order chi connectivity index (χ1) is 14.3. The second-order valence-electron chi connectivity index (χ2n) is 7.86. The molecular formula is C23H25N3O3S. The van der Waals surface area contributed by atoms with Crippen molar-refractivity contribution in [1.82, 2.24) is 9.55 Å². The number of hydrogen-bond acceptors (Lipinski definition) is 4. The zero-order chi connectivity index (χ0) is 21.3. The number of imidazole rings is 1. The van der Waals surface area contributed by atoms with E-state index in [1.54, 1.807) is 38.1 Å². The normalized spacial score (nSPS) is 13.4. The fourth-order valence-corrected chi connectivity index (χ4v) is 4.76. The summed E-state index contributed by atoms with van der Waals surface area (Å²) in [5, 5.41) is 2.46. The van der Waals surface area contributed by atoms with Gasteiger partial charge in [-0.2, -0.15) is 0 Å². The number of nitrogens with one attached hydrogen (secondary N) is 1. The molecule has 0 saturated heterocycles. The number of carbonyl (C=O) groups is 1. The van der Waals surface area contributed by atoms with Crippen LogP contribution in [0.2, 0.25) is 0 Å². The third-order valence-corrected chi connectivity index (χ3v) is 7.57. The SMILES string of the molecule is CC(C)S(=O)(=O)c1ccc(CC(=O)Nc2cccc(-c3cnc4n3CCC4)c2)cc1. The van der Waals surface area contributed by atoms with Crippen LogP contribution in [0, 0.1) is 0 Å². The average molecular weight is 424 g/mol. The van der Waals surface area contributed by atoms with Crippen molar-refractivity contribution in [2.45, 2.75) is 49.8 Å². The van der Waals surface area contributed by atoms with Crippen molar-refractivity contribution in [2.24, 2.45) is 0 Å². The monoisotopic (exact) mass is 423 g/mol. The molecule has 1 N–H and O–H groups in total. The lowest BCUT2D eigenvalue weighted by Crippen LogP contribution is -2.15. The summed E-state index contributed by atoms with van der Waals surface area (Å²) in [6.45, 7) is 4.29. The number of amides is 1. The summed E-state index contributed by atoms with van der Waals surface area (Å²) in [6.07, 6.45) is 4.19. The van der Waals surface area contributed by atoms with Crippen LogP contribution in [0.1, 0.15) is 31.7 Å². The number of aryl methyl sites for hydroxylation is 1. The quantitative estimate of drug-likeness (QED) is 0.653. The van der Waals surface area contributed by atoms with Crippen LogP contribution < -0.4 is 5.32 Å². The Hall–Kier alpha value is -2.93. The average Bonchev–Trinajstić information content (AvgIpc) is 3.32. The molecule has 30 heavy (non-hydrogen) atoms. The van der Waals surface area contributed by atoms with Crippen LogP contribution >= 0.6 is 0 Å². The van der Waals surface area contributed by atoms with Gasteiger partial charge in [-0.25, -0.2) is 13.4 Å². The molecule has 2 aromatic carbocycles. The van der Waals surface area contributed by atoms with Crippen molar-refractivity contribution in [1.29, 1.82) is 0 Å². The minimum Gasteiger partial charge on any atom is -0.328 e. The highest BCUT2D eigenvalue weighted by molar-refractivity contribution is 7.92. The summed E-state index contributed by atoms with van der Waals surface area (Å²) in [4.78, 5) is 17.3. The second kappa shape index (κ2) is 8.07. The molecule has 2 heterocycles. The van der Waals surface area contributed by atoms with Gasteiger partial charge < -0.3 is 9.88 Å². The number of anilines is 1. The van der Waals surface area contributed by atoms with E-state index in [1.165, 1.54) is 0 Å². The molecule has 6 nitrogen and oxygen atoms in total. The molecule has 156 valence electrons. The molecule has 1 aromatic heterocycles. The number of rotatable bonds is 6. The van der Waals surface area contributed by atoms with Crippen LogP contribution in [-0.2, 0) is 34.0 Å². The van der Waals surface area contributed by atoms with Crippen LogP contribution in [0.5, 0.6) is 0 Å². The van der Waals surface area contributed by atoms with Gasteiger partial charge in [0.2, 0.25) is 5.91 Å². The summed E-state index contributed by atoms with van der Waals surface area (Å²) in [5.41, 5.74) is 3.59. The Kier molecular flexibility index (Phi) is 5.47. The minimum absolute atomic E-state index is 0.148. The van der Waals surface area contributed by atoms with Crippen LogP contribution in [0.25, 0.3) is 11.3 Å². The van der Waals surface area contributed by atoms with Gasteiger partial charge in [-0.05, 0) is 50.1 Å². The van der Waals surface area contributed by atoms with Gasteiger partial charge >= 0.3 is 0 Å². The number of fused-ring (bicyclic) bond motifs is 1. The van der Waals surface area contributed by atoms with E-state index in [9.17, 15) is 13.2 Å². The molecule has 3 aromatic rings. The fourth-order valence-electron chi connectivity index (χ4n) is 3.70. The van der Waals surface area contributed by atoms with Crippen molar-refractivity contribution in [3.05, 3.63) is 66.1 Å². The molecule has 1 aliphatic rings. The summed E-state index contributed by atoms with van der Waals surface area (Å²) >= 11 is 0. The van der Waals surface area contributed by atoms with Gasteiger partial charge in [-0.3, -0.25) is 4.79 Å². The first-order valence-electron chi connectivity index (χ1n) is 10.1. The molecule has 1 aliphatic heterocycles. The maximum Gasteiger partial charge on any atom is 0.228 e. The Labute approximate surface area is 176 Å². The minimum atomic E-state index is -3.31. The van der Waals surface area contributed by atoms with Gasteiger partial charge in [0.1, 0.15) is 5.82 Å². The predicted molar refractivity (Wildman–Crippen MR) is 117 cm³/mol. The van der Waals surface area contributed by atoms with Crippen molar-refractivity contribution in [2.75, 3.05) is 5.32 Å². The number of benzene rings is 2. The predicted octanol–water partition coefficient (Wildman–Crippen LogP) is 3.86. The molecule has 0 radical (unpaired) electrons. The molecule has 4 rings (SSSR count). The number of nitrogens with zero attached hydrogens (tertiary/aromatic N) is 2. The summed E-state index contributed by atoms with van der Waals surface area (Å²) in [7, 11) is -3.31. The van der Waals surface area contributed by atoms with Gasteiger partial charge in [0, 0.05) is 24.2 Å². The van der Waals surface area contributed by atoms with Crippen LogP contribution in [-0.4, -0.2) is 29.1 Å². The Morgan fingerprint density at radius 1 is 1.17 bits per heavy atom. The van der Waals surface area contributed by atoms with E-state index in [1.807, 2.05) is 30.5 Å². The smallest absolute Gasteiger partial charge is 0.228 e. The van der Waals surface area contributed by atoms with Gasteiger partial charge in [0.05, 0.1) is 28.5 Å². The van der Waals surface area contributed by atoms with Gasteiger partial charge in [0.25, 0.3) is 0 Å². The Bertz CT molecular complexity index is 1180. The third-order valence-electron chi connectivity index (χ3n) is 5.40. The topological polar surface area (TPSA) is 81.1 Å². The first-order valence-corrected chi connectivity index (χ1v) is 11.7. The zero-order valence-electron chi connectivity index (χ0n) is 17.1. The largest absolute Gasteiger partial charge is 0.328 e. The number of sulfone groups is 1. The first kappa shape index (κ1) is 20.3. The molecule has 0 fully saturated rings. The maximum atomic E-state index is 12.5. The van der Waals surface area contributed by atoms with Crippen molar-refractivity contribution in [3.63, 3.8) is 0 Å². The molecular weight excluding hydrogens is 398 g/mol. The fraction of sp³-hybridized carbons (Fsp3) is 0.304. The highest BCUT2D eigenvalue weighted by Gasteiger charge is 2.19. The number of aromatic nitrogens is 2. The molecule has 0 spiro atoms. The molecule has 1 amide bonds. The lowest BCUT2D eigenvalue weighted by molar-refractivity contribution is -0.115. The van der Waals surface area contributed by atoms with Crippen LogP contribution in [0.15, 0.2) is 59.6 Å². The molecule has 0 atom stereocenters. The molecule has 7 heteroatoms. The van der Waals surface area contributed by atoms with E-state index in [0.717, 1.165) is 47.7 Å². The molecule has 0 aliphatic carbocycles. The second-order valence-corrected chi connectivity index (χ2v) is 10.4. The summed E-state index contributed by atoms with van der Waals surface area (Å²) < 4.78 is 26.7. The van der Waals surface area contributed by atoms with E-state index in [0.29, 0.717) is 0 Å². The van der Waals surface area contributed by atoms with Crippen LogP contribution in [0.4, 0.5) is 5.69 Å². The van der Waals surface area contributed by atoms with Crippen molar-refractivity contribution < 1.29 is 13.2 Å². The van der Waals surface area contributed by atoms with Gasteiger partial charge in [-0.15, -0.1) is 0 Å². The van der Waals surface area contributed by atoms with Gasteiger partial charge in [-0.1, -0.05) is 24.3 Å². The van der Waals surface area contributed by atoms with E-state index >= 15 is 0 Å². The van der Waals surface area contributed by atoms with E-state index in [-0.39, 0.29) is 17.2 Å². The van der Waals surface area contributed by atoms with Crippen molar-refractivity contribution in [3.8, 4) is 11.3 Å². The maximum absolute atomic E-state index is 12.5. The third kappa shape index (κ3) is 4.03. The Balaban J connectivity index is 1.45. The lowest BCUT2D eigenvalue weighted by atomic mass is 10.1.